The van der Waals surface area contributed by atoms with Gasteiger partial charge in [-0.15, -0.1) is 0 Å². The molecule has 0 saturated carbocycles. The van der Waals surface area contributed by atoms with Crippen LogP contribution in [-0.4, -0.2) is 13.1 Å². The van der Waals surface area contributed by atoms with Crippen molar-refractivity contribution in [3.05, 3.63) is 38.7 Å². The van der Waals surface area contributed by atoms with Crippen molar-refractivity contribution in [2.45, 2.75) is 53.4 Å². The van der Waals surface area contributed by atoms with Crippen molar-refractivity contribution in [2.24, 2.45) is 5.92 Å². The quantitative estimate of drug-likeness (QED) is 0.377. The minimum Gasteiger partial charge on any atom is -0.358 e. The van der Waals surface area contributed by atoms with Crippen LogP contribution in [0.1, 0.15) is 53.4 Å². The van der Waals surface area contributed by atoms with E-state index in [-0.39, 0.29) is 26.0 Å². The third-order valence-electron chi connectivity index (χ3n) is 2.49. The SMILES string of the molecule is CCCNCC(C)CC.[CH-]=C(/C=C\[CH2-])CCC.[CH3-].[V]. The third-order valence-corrected chi connectivity index (χ3v) is 2.49. The van der Waals surface area contributed by atoms with Crippen LogP contribution in [0.25, 0.3) is 0 Å². The van der Waals surface area contributed by atoms with Gasteiger partial charge in [0.1, 0.15) is 0 Å². The van der Waals surface area contributed by atoms with Crippen molar-refractivity contribution in [2.75, 3.05) is 13.1 Å². The van der Waals surface area contributed by atoms with E-state index in [1.165, 1.54) is 25.9 Å². The second-order valence-electron chi connectivity index (χ2n) is 4.44. The normalized spacial score (nSPS) is 10.7. The number of hydrogen-bond acceptors (Lipinski definition) is 1. The molecule has 0 saturated heterocycles. The van der Waals surface area contributed by atoms with Crippen LogP contribution >= 0.6 is 0 Å². The molecule has 0 bridgehead atoms. The van der Waals surface area contributed by atoms with Gasteiger partial charge in [0.15, 0.2) is 0 Å². The Hall–Kier alpha value is -0.106. The molecule has 115 valence electrons. The standard InChI is InChI=1S/C8H19N.C8H12.CH3.V/c1-4-6-9-7-8(3)5-2;1-4-6-8(3)7-5-2;;/h8-9H,4-7H2,1-3H3;3-4,6H,1,5,7H2,2H3;1H3;/q;-2;-1;/b;6-4-;;. The largest absolute Gasteiger partial charge is 0.358 e. The van der Waals surface area contributed by atoms with Gasteiger partial charge in [0.25, 0.3) is 0 Å². The first-order valence-corrected chi connectivity index (χ1v) is 6.89. The molecule has 0 aliphatic rings. The Morgan fingerprint density at radius 3 is 2.21 bits per heavy atom. The Bertz CT molecular complexity index is 188. The summed E-state index contributed by atoms with van der Waals surface area (Å²) in [5, 5.41) is 3.39. The van der Waals surface area contributed by atoms with Crippen molar-refractivity contribution >= 4 is 0 Å². The van der Waals surface area contributed by atoms with Crippen LogP contribution < -0.4 is 5.32 Å². The van der Waals surface area contributed by atoms with Gasteiger partial charge in [0.2, 0.25) is 0 Å². The maximum Gasteiger partial charge on any atom is 0 e. The summed E-state index contributed by atoms with van der Waals surface area (Å²) in [6.07, 6.45) is 8.17. The Labute approximate surface area is 135 Å². The zero-order chi connectivity index (χ0) is 13.5. The van der Waals surface area contributed by atoms with Crippen LogP contribution in [-0.2, 0) is 18.6 Å². The zero-order valence-electron chi connectivity index (χ0n) is 13.7. The van der Waals surface area contributed by atoms with E-state index in [4.69, 9.17) is 6.58 Å². The van der Waals surface area contributed by atoms with Crippen molar-refractivity contribution < 1.29 is 18.6 Å². The summed E-state index contributed by atoms with van der Waals surface area (Å²) in [7, 11) is 0. The Balaban J connectivity index is -0.000000108. The smallest absolute Gasteiger partial charge is 0 e. The molecule has 0 aromatic heterocycles. The van der Waals surface area contributed by atoms with E-state index in [0.29, 0.717) is 0 Å². The second-order valence-corrected chi connectivity index (χ2v) is 4.44. The Morgan fingerprint density at radius 2 is 1.84 bits per heavy atom. The van der Waals surface area contributed by atoms with Crippen LogP contribution in [0, 0.1) is 26.8 Å². The molecule has 0 amide bonds. The van der Waals surface area contributed by atoms with Crippen LogP contribution in [0.5, 0.6) is 0 Å². The minimum absolute atomic E-state index is 0. The van der Waals surface area contributed by atoms with Gasteiger partial charge in [0.05, 0.1) is 0 Å². The van der Waals surface area contributed by atoms with Gasteiger partial charge in [-0.05, 0) is 25.4 Å². The molecule has 0 aromatic carbocycles. The first-order chi connectivity index (χ1) is 8.12. The molecule has 0 heterocycles. The van der Waals surface area contributed by atoms with Crippen LogP contribution in [0.4, 0.5) is 0 Å². The van der Waals surface area contributed by atoms with Gasteiger partial charge >= 0.3 is 0 Å². The van der Waals surface area contributed by atoms with Crippen molar-refractivity contribution in [1.82, 2.24) is 5.32 Å². The first-order valence-electron chi connectivity index (χ1n) is 6.89. The topological polar surface area (TPSA) is 12.0 Å². The summed E-state index contributed by atoms with van der Waals surface area (Å²) < 4.78 is 0. The maximum atomic E-state index is 5.48. The molecule has 0 aliphatic carbocycles. The summed E-state index contributed by atoms with van der Waals surface area (Å²) in [4.78, 5) is 0. The van der Waals surface area contributed by atoms with Gasteiger partial charge < -0.3 is 12.7 Å². The third kappa shape index (κ3) is 27.2. The minimum atomic E-state index is 0. The van der Waals surface area contributed by atoms with Gasteiger partial charge in [-0.2, -0.15) is 0 Å². The molecule has 1 nitrogen and oxygen atoms in total. The molecule has 0 aliphatic heterocycles. The van der Waals surface area contributed by atoms with Gasteiger partial charge in [-0.1, -0.05) is 47.0 Å². The fourth-order valence-electron chi connectivity index (χ4n) is 1.19. The van der Waals surface area contributed by atoms with Gasteiger partial charge in [-0.3, -0.25) is 6.58 Å². The van der Waals surface area contributed by atoms with E-state index in [0.717, 1.165) is 24.3 Å². The second kappa shape index (κ2) is 23.0. The monoisotopic (exact) mass is 303 g/mol. The Morgan fingerprint density at radius 1 is 1.26 bits per heavy atom. The fraction of sp³-hybridized carbons (Fsp3) is 0.647. The summed E-state index contributed by atoms with van der Waals surface area (Å²) in [6, 6.07) is 0. The average molecular weight is 303 g/mol. The van der Waals surface area contributed by atoms with Gasteiger partial charge in [-0.25, -0.2) is 24.6 Å². The molecular weight excluding hydrogens is 269 g/mol. The molecule has 1 unspecified atom stereocenters. The molecule has 1 N–H and O–H groups in total. The predicted molar refractivity (Wildman–Crippen MR) is 86.2 cm³/mol. The predicted octanol–water partition coefficient (Wildman–Crippen LogP) is 5.02. The van der Waals surface area contributed by atoms with E-state index in [9.17, 15) is 0 Å². The summed E-state index contributed by atoms with van der Waals surface area (Å²) in [5.41, 5.74) is 0.919. The first kappa shape index (κ1) is 27.3. The molecular formula is C17H34NV-3. The van der Waals surface area contributed by atoms with Crippen molar-refractivity contribution in [1.29, 1.82) is 0 Å². The number of hydrogen-bond donors (Lipinski definition) is 1. The summed E-state index contributed by atoms with van der Waals surface area (Å²) in [6.45, 7) is 20.2. The molecule has 1 atom stereocenters. The molecule has 2 heteroatoms. The van der Waals surface area contributed by atoms with E-state index in [1.54, 1.807) is 6.08 Å². The molecule has 19 heavy (non-hydrogen) atoms. The van der Waals surface area contributed by atoms with Crippen LogP contribution in [0.15, 0.2) is 17.7 Å². The van der Waals surface area contributed by atoms with Crippen molar-refractivity contribution in [3.63, 3.8) is 0 Å². The molecule has 0 fully saturated rings. The van der Waals surface area contributed by atoms with E-state index in [2.05, 4.69) is 39.9 Å². The van der Waals surface area contributed by atoms with E-state index >= 15 is 0 Å². The molecule has 0 aromatic rings. The van der Waals surface area contributed by atoms with E-state index in [1.807, 2.05) is 6.08 Å². The zero-order valence-corrected chi connectivity index (χ0v) is 15.1. The van der Waals surface area contributed by atoms with Gasteiger partial charge in [0, 0.05) is 18.6 Å². The molecule has 0 spiro atoms. The van der Waals surface area contributed by atoms with E-state index < -0.39 is 0 Å². The Kier molecular flexibility index (Phi) is 33.0. The number of nitrogens with one attached hydrogen (secondary N) is 1. The fourth-order valence-corrected chi connectivity index (χ4v) is 1.19. The van der Waals surface area contributed by atoms with Crippen LogP contribution in [0.3, 0.4) is 0 Å². The number of rotatable bonds is 8. The molecule has 0 rings (SSSR count). The van der Waals surface area contributed by atoms with Crippen LogP contribution in [0.2, 0.25) is 0 Å². The number of allylic oxidation sites excluding steroid dienone is 3. The van der Waals surface area contributed by atoms with Crippen molar-refractivity contribution in [3.8, 4) is 0 Å². The molecule has 1 radical (unpaired) electrons. The average Bonchev–Trinajstić information content (AvgIpc) is 2.30. The summed E-state index contributed by atoms with van der Waals surface area (Å²) in [5.74, 6) is 0.844. The summed E-state index contributed by atoms with van der Waals surface area (Å²) >= 11 is 0. The maximum absolute atomic E-state index is 5.48.